The van der Waals surface area contributed by atoms with Gasteiger partial charge in [0.05, 0.1) is 13.1 Å². The summed E-state index contributed by atoms with van der Waals surface area (Å²) in [5.41, 5.74) is 0.779. The zero-order chi connectivity index (χ0) is 29.8. The highest BCUT2D eigenvalue weighted by Gasteiger charge is 2.45. The predicted molar refractivity (Wildman–Crippen MR) is 152 cm³/mol. The summed E-state index contributed by atoms with van der Waals surface area (Å²) in [6.07, 6.45) is 3.52. The normalized spacial score (nSPS) is 21.9. The topological polar surface area (TPSA) is 142 Å². The highest BCUT2D eigenvalue weighted by molar-refractivity contribution is 7.89. The SMILES string of the molecule is Cc1noc(C)c1S(=O)(=O)N1CCCCNC(=O)C2(CCCc3ccccc32)NC(=O)CN(CCC(C)C)C(=O)C1. The molecule has 1 unspecified atom stereocenters. The first-order valence-electron chi connectivity index (χ1n) is 14.3. The van der Waals surface area contributed by atoms with Gasteiger partial charge in [0.25, 0.3) is 0 Å². The molecule has 2 N–H and O–H groups in total. The van der Waals surface area contributed by atoms with E-state index in [2.05, 4.69) is 15.8 Å². The molecule has 2 aliphatic rings. The van der Waals surface area contributed by atoms with Crippen LogP contribution in [0.3, 0.4) is 0 Å². The van der Waals surface area contributed by atoms with Crippen LogP contribution in [0.5, 0.6) is 0 Å². The Morgan fingerprint density at radius 1 is 1.07 bits per heavy atom. The van der Waals surface area contributed by atoms with Crippen LogP contribution >= 0.6 is 0 Å². The van der Waals surface area contributed by atoms with E-state index in [1.54, 1.807) is 6.92 Å². The van der Waals surface area contributed by atoms with Gasteiger partial charge in [-0.1, -0.05) is 43.3 Å². The molecule has 1 aliphatic heterocycles. The lowest BCUT2D eigenvalue weighted by atomic mass is 9.75. The molecule has 2 aromatic rings. The molecule has 224 valence electrons. The number of sulfonamides is 1. The zero-order valence-electron chi connectivity index (χ0n) is 24.4. The van der Waals surface area contributed by atoms with Gasteiger partial charge in [-0.3, -0.25) is 14.4 Å². The number of fused-ring (bicyclic) bond motifs is 2. The highest BCUT2D eigenvalue weighted by Crippen LogP contribution is 2.36. The molecule has 0 bridgehead atoms. The molecule has 4 rings (SSSR count). The van der Waals surface area contributed by atoms with Crippen LogP contribution in [0, 0.1) is 19.8 Å². The zero-order valence-corrected chi connectivity index (χ0v) is 25.2. The molecule has 1 saturated heterocycles. The van der Waals surface area contributed by atoms with E-state index in [0.29, 0.717) is 32.2 Å². The molecule has 0 saturated carbocycles. The lowest BCUT2D eigenvalue weighted by Crippen LogP contribution is -2.60. The first kappa shape index (κ1) is 30.7. The van der Waals surface area contributed by atoms with Crippen molar-refractivity contribution >= 4 is 27.7 Å². The summed E-state index contributed by atoms with van der Waals surface area (Å²) >= 11 is 0. The molecular formula is C29H41N5O6S. The lowest BCUT2D eigenvalue weighted by Gasteiger charge is -2.39. The minimum atomic E-state index is -4.11. The monoisotopic (exact) mass is 587 g/mol. The Bertz CT molecular complexity index is 1370. The van der Waals surface area contributed by atoms with Gasteiger partial charge in [-0.15, -0.1) is 0 Å². The van der Waals surface area contributed by atoms with Crippen molar-refractivity contribution in [3.63, 3.8) is 0 Å². The Morgan fingerprint density at radius 2 is 1.83 bits per heavy atom. The molecule has 3 amide bonds. The maximum absolute atomic E-state index is 13.8. The summed E-state index contributed by atoms with van der Waals surface area (Å²) in [5.74, 6) is -0.837. The fraction of sp³-hybridized carbons (Fsp3) is 0.586. The van der Waals surface area contributed by atoms with Crippen LogP contribution in [0.2, 0.25) is 0 Å². The van der Waals surface area contributed by atoms with Crippen LogP contribution in [0.15, 0.2) is 33.7 Å². The molecule has 2 heterocycles. The molecule has 41 heavy (non-hydrogen) atoms. The van der Waals surface area contributed by atoms with Crippen molar-refractivity contribution in [2.24, 2.45) is 5.92 Å². The Kier molecular flexibility index (Phi) is 9.53. The third kappa shape index (κ3) is 6.64. The number of aryl methyl sites for hydroxylation is 3. The fourth-order valence-electron chi connectivity index (χ4n) is 5.69. The first-order chi connectivity index (χ1) is 19.5. The van der Waals surface area contributed by atoms with Gasteiger partial charge in [-0.05, 0) is 69.4 Å². The molecule has 12 heteroatoms. The van der Waals surface area contributed by atoms with Crippen LogP contribution in [0.25, 0.3) is 0 Å². The van der Waals surface area contributed by atoms with E-state index >= 15 is 0 Å². The second kappa shape index (κ2) is 12.7. The maximum Gasteiger partial charge on any atom is 0.250 e. The number of benzene rings is 1. The van der Waals surface area contributed by atoms with E-state index in [1.165, 1.54) is 11.8 Å². The van der Waals surface area contributed by atoms with Crippen molar-refractivity contribution in [3.8, 4) is 0 Å². The van der Waals surface area contributed by atoms with Gasteiger partial charge in [0, 0.05) is 19.6 Å². The molecule has 0 radical (unpaired) electrons. The molecule has 11 nitrogen and oxygen atoms in total. The molecule has 1 aromatic carbocycles. The largest absolute Gasteiger partial charge is 0.360 e. The Morgan fingerprint density at radius 3 is 2.54 bits per heavy atom. The second-order valence-corrected chi connectivity index (χ2v) is 13.3. The number of carbonyl (C=O) groups excluding carboxylic acids is 3. The van der Waals surface area contributed by atoms with Crippen LogP contribution in [0.1, 0.15) is 68.5 Å². The lowest BCUT2D eigenvalue weighted by molar-refractivity contribution is -0.139. The first-order valence-corrected chi connectivity index (χ1v) is 15.8. The van der Waals surface area contributed by atoms with Gasteiger partial charge in [0.15, 0.2) is 5.76 Å². The van der Waals surface area contributed by atoms with Crippen LogP contribution in [0.4, 0.5) is 0 Å². The second-order valence-electron chi connectivity index (χ2n) is 11.4. The van der Waals surface area contributed by atoms with Crippen LogP contribution in [-0.4, -0.2) is 73.2 Å². The number of hydrogen-bond acceptors (Lipinski definition) is 7. The summed E-state index contributed by atoms with van der Waals surface area (Å²) in [7, 11) is -4.11. The third-order valence-electron chi connectivity index (χ3n) is 7.88. The standard InChI is InChI=1S/C29H41N5O6S/c1-20(2)13-17-33-18-25(35)31-29(14-9-11-23-10-5-6-12-24(23)29)28(37)30-15-7-8-16-34(19-26(33)36)41(38,39)27-21(3)32-40-22(27)4/h5-6,10,12,20H,7-9,11,13-19H2,1-4H3,(H,30,37)(H,31,35). The minimum Gasteiger partial charge on any atom is -0.360 e. The Hall–Kier alpha value is -3.25. The fourth-order valence-corrected chi connectivity index (χ4v) is 7.40. The van der Waals surface area contributed by atoms with E-state index in [-0.39, 0.29) is 47.8 Å². The van der Waals surface area contributed by atoms with Gasteiger partial charge >= 0.3 is 0 Å². The van der Waals surface area contributed by atoms with Gasteiger partial charge < -0.3 is 20.1 Å². The third-order valence-corrected chi connectivity index (χ3v) is 9.97. The van der Waals surface area contributed by atoms with Gasteiger partial charge in [-0.2, -0.15) is 4.31 Å². The quantitative estimate of drug-likeness (QED) is 0.547. The molecule has 1 aliphatic carbocycles. The molecule has 1 aromatic heterocycles. The summed E-state index contributed by atoms with van der Waals surface area (Å²) in [6, 6.07) is 7.66. The number of amides is 3. The minimum absolute atomic E-state index is 0.0518. The number of hydrogen-bond donors (Lipinski definition) is 2. The highest BCUT2D eigenvalue weighted by atomic mass is 32.2. The molecule has 1 atom stereocenters. The van der Waals surface area contributed by atoms with Crippen molar-refractivity contribution in [3.05, 3.63) is 46.8 Å². The molecule has 1 spiro atoms. The summed E-state index contributed by atoms with van der Waals surface area (Å²) < 4.78 is 33.6. The van der Waals surface area contributed by atoms with Crippen molar-refractivity contribution < 1.29 is 27.3 Å². The Balaban J connectivity index is 1.67. The average molecular weight is 588 g/mol. The van der Waals surface area contributed by atoms with E-state index in [9.17, 15) is 22.8 Å². The summed E-state index contributed by atoms with van der Waals surface area (Å²) in [6.45, 7) is 7.02. The number of nitrogens with zero attached hydrogens (tertiary/aromatic N) is 3. The van der Waals surface area contributed by atoms with E-state index < -0.39 is 33.9 Å². The summed E-state index contributed by atoms with van der Waals surface area (Å²) in [4.78, 5) is 42.4. The summed E-state index contributed by atoms with van der Waals surface area (Å²) in [5, 5.41) is 9.79. The van der Waals surface area contributed by atoms with E-state index in [0.717, 1.165) is 28.3 Å². The van der Waals surface area contributed by atoms with Crippen molar-refractivity contribution in [2.45, 2.75) is 76.7 Å². The molecule has 1 fully saturated rings. The number of nitrogens with one attached hydrogen (secondary N) is 2. The predicted octanol–water partition coefficient (Wildman–Crippen LogP) is 2.41. The smallest absolute Gasteiger partial charge is 0.250 e. The van der Waals surface area contributed by atoms with Crippen molar-refractivity contribution in [2.75, 3.05) is 32.7 Å². The van der Waals surface area contributed by atoms with Gasteiger partial charge in [0.2, 0.25) is 27.7 Å². The van der Waals surface area contributed by atoms with Crippen molar-refractivity contribution in [1.82, 2.24) is 25.0 Å². The van der Waals surface area contributed by atoms with Crippen molar-refractivity contribution in [1.29, 1.82) is 0 Å². The number of rotatable bonds is 5. The van der Waals surface area contributed by atoms with E-state index in [4.69, 9.17) is 4.52 Å². The number of carbonyl (C=O) groups is 3. The average Bonchev–Trinajstić information content (AvgIpc) is 3.27. The van der Waals surface area contributed by atoms with Gasteiger partial charge in [-0.25, -0.2) is 8.42 Å². The number of aromatic nitrogens is 1. The van der Waals surface area contributed by atoms with Gasteiger partial charge in [0.1, 0.15) is 16.1 Å². The van der Waals surface area contributed by atoms with Crippen LogP contribution in [-0.2, 0) is 36.4 Å². The van der Waals surface area contributed by atoms with Crippen LogP contribution < -0.4 is 10.6 Å². The Labute approximate surface area is 242 Å². The van der Waals surface area contributed by atoms with E-state index in [1.807, 2.05) is 38.1 Å². The molecular weight excluding hydrogens is 546 g/mol. The maximum atomic E-state index is 13.8.